The lowest BCUT2D eigenvalue weighted by molar-refractivity contribution is 0.177. The van der Waals surface area contributed by atoms with E-state index in [9.17, 15) is 0 Å². The Balaban J connectivity index is 1.80. The minimum absolute atomic E-state index is 0.229. The standard InChI is InChI=1S/C15H22N2O/c16-17-15(14-7-8-18-10-14)13-6-2-5-12(9-13)11-3-1-4-11/h2,5-6,9,11,14-15,17H,1,3-4,7-8,10,16H2. The fraction of sp³-hybridized carbons (Fsp3) is 0.600. The first-order valence-corrected chi connectivity index (χ1v) is 7.02. The summed E-state index contributed by atoms with van der Waals surface area (Å²) in [7, 11) is 0. The minimum atomic E-state index is 0.229. The van der Waals surface area contributed by atoms with Gasteiger partial charge in [0.2, 0.25) is 0 Å². The maximum absolute atomic E-state index is 5.75. The molecule has 0 radical (unpaired) electrons. The molecule has 2 fully saturated rings. The Hall–Kier alpha value is -0.900. The van der Waals surface area contributed by atoms with Crippen LogP contribution in [0.15, 0.2) is 24.3 Å². The highest BCUT2D eigenvalue weighted by molar-refractivity contribution is 5.30. The van der Waals surface area contributed by atoms with Crippen LogP contribution in [0.25, 0.3) is 0 Å². The van der Waals surface area contributed by atoms with Gasteiger partial charge in [-0.3, -0.25) is 11.3 Å². The van der Waals surface area contributed by atoms with Crippen molar-refractivity contribution in [1.82, 2.24) is 5.43 Å². The summed E-state index contributed by atoms with van der Waals surface area (Å²) in [5.41, 5.74) is 5.78. The van der Waals surface area contributed by atoms with Gasteiger partial charge < -0.3 is 4.74 Å². The second kappa shape index (κ2) is 5.39. The van der Waals surface area contributed by atoms with E-state index in [0.29, 0.717) is 5.92 Å². The van der Waals surface area contributed by atoms with Gasteiger partial charge in [-0.15, -0.1) is 0 Å². The van der Waals surface area contributed by atoms with Gasteiger partial charge in [0.15, 0.2) is 0 Å². The lowest BCUT2D eigenvalue weighted by Gasteiger charge is -2.28. The van der Waals surface area contributed by atoms with Crippen LogP contribution in [0.3, 0.4) is 0 Å². The van der Waals surface area contributed by atoms with Crippen molar-refractivity contribution in [1.29, 1.82) is 0 Å². The van der Waals surface area contributed by atoms with E-state index in [0.717, 1.165) is 25.6 Å². The van der Waals surface area contributed by atoms with Gasteiger partial charge in [0.05, 0.1) is 12.6 Å². The van der Waals surface area contributed by atoms with Crippen LogP contribution in [0.4, 0.5) is 0 Å². The van der Waals surface area contributed by atoms with Crippen molar-refractivity contribution < 1.29 is 4.74 Å². The molecule has 1 aromatic rings. The number of hydrogen-bond donors (Lipinski definition) is 2. The highest BCUT2D eigenvalue weighted by Crippen LogP contribution is 2.38. The fourth-order valence-electron chi connectivity index (χ4n) is 3.07. The summed E-state index contributed by atoms with van der Waals surface area (Å²) in [6.45, 7) is 1.69. The Kier molecular flexibility index (Phi) is 3.64. The van der Waals surface area contributed by atoms with E-state index < -0.39 is 0 Å². The Labute approximate surface area is 109 Å². The maximum Gasteiger partial charge on any atom is 0.0513 e. The molecule has 18 heavy (non-hydrogen) atoms. The lowest BCUT2D eigenvalue weighted by atomic mass is 9.79. The van der Waals surface area contributed by atoms with E-state index in [-0.39, 0.29) is 6.04 Å². The average molecular weight is 246 g/mol. The molecule has 1 saturated carbocycles. The van der Waals surface area contributed by atoms with Gasteiger partial charge in [0.25, 0.3) is 0 Å². The zero-order valence-electron chi connectivity index (χ0n) is 10.8. The molecule has 0 amide bonds. The molecule has 2 unspecified atom stereocenters. The maximum atomic E-state index is 5.75. The Morgan fingerprint density at radius 1 is 1.28 bits per heavy atom. The first-order chi connectivity index (χ1) is 8.88. The van der Waals surface area contributed by atoms with Gasteiger partial charge in [0, 0.05) is 12.5 Å². The van der Waals surface area contributed by atoms with Gasteiger partial charge in [-0.2, -0.15) is 0 Å². The second-order valence-electron chi connectivity index (χ2n) is 5.57. The minimum Gasteiger partial charge on any atom is -0.381 e. The fourth-order valence-corrected chi connectivity index (χ4v) is 3.07. The Morgan fingerprint density at radius 3 is 2.78 bits per heavy atom. The summed E-state index contributed by atoms with van der Waals surface area (Å²) in [4.78, 5) is 0. The van der Waals surface area contributed by atoms with E-state index in [4.69, 9.17) is 10.6 Å². The van der Waals surface area contributed by atoms with Crippen LogP contribution < -0.4 is 11.3 Å². The molecule has 0 bridgehead atoms. The molecule has 1 saturated heterocycles. The van der Waals surface area contributed by atoms with Crippen molar-refractivity contribution in [3.8, 4) is 0 Å². The van der Waals surface area contributed by atoms with E-state index >= 15 is 0 Å². The van der Waals surface area contributed by atoms with Crippen molar-refractivity contribution in [2.45, 2.75) is 37.6 Å². The molecule has 3 N–H and O–H groups in total. The first kappa shape index (κ1) is 12.2. The molecule has 98 valence electrons. The van der Waals surface area contributed by atoms with Crippen molar-refractivity contribution in [3.05, 3.63) is 35.4 Å². The first-order valence-electron chi connectivity index (χ1n) is 7.02. The Bertz CT molecular complexity index is 397. The summed E-state index contributed by atoms with van der Waals surface area (Å²) < 4.78 is 5.48. The summed E-state index contributed by atoms with van der Waals surface area (Å²) >= 11 is 0. The lowest BCUT2D eigenvalue weighted by Crippen LogP contribution is -2.34. The van der Waals surface area contributed by atoms with Gasteiger partial charge in [-0.25, -0.2) is 0 Å². The van der Waals surface area contributed by atoms with Gasteiger partial charge in [0.1, 0.15) is 0 Å². The highest BCUT2D eigenvalue weighted by Gasteiger charge is 2.27. The molecule has 1 aromatic carbocycles. The second-order valence-corrected chi connectivity index (χ2v) is 5.57. The summed E-state index contributed by atoms with van der Waals surface area (Å²) in [5, 5.41) is 0. The largest absolute Gasteiger partial charge is 0.381 e. The van der Waals surface area contributed by atoms with Crippen LogP contribution in [0.2, 0.25) is 0 Å². The molecule has 1 aliphatic carbocycles. The van der Waals surface area contributed by atoms with Crippen LogP contribution in [0, 0.1) is 5.92 Å². The van der Waals surface area contributed by atoms with Crippen LogP contribution in [-0.2, 0) is 4.74 Å². The monoisotopic (exact) mass is 246 g/mol. The summed E-state index contributed by atoms with van der Waals surface area (Å²) in [6.07, 6.45) is 5.17. The zero-order chi connectivity index (χ0) is 12.4. The van der Waals surface area contributed by atoms with Crippen molar-refractivity contribution in [2.24, 2.45) is 11.8 Å². The molecule has 0 aromatic heterocycles. The number of hydrazine groups is 1. The third-order valence-corrected chi connectivity index (χ3v) is 4.46. The van der Waals surface area contributed by atoms with Crippen LogP contribution in [0.5, 0.6) is 0 Å². The molecule has 3 nitrogen and oxygen atoms in total. The number of hydrogen-bond acceptors (Lipinski definition) is 3. The van der Waals surface area contributed by atoms with Gasteiger partial charge in [-0.05, 0) is 36.3 Å². The normalized spacial score (nSPS) is 25.9. The molecular weight excluding hydrogens is 224 g/mol. The molecule has 2 aliphatic rings. The molecule has 1 aliphatic heterocycles. The van der Waals surface area contributed by atoms with Gasteiger partial charge >= 0.3 is 0 Å². The van der Waals surface area contributed by atoms with E-state index in [1.165, 1.54) is 30.4 Å². The smallest absolute Gasteiger partial charge is 0.0513 e. The predicted molar refractivity (Wildman–Crippen MR) is 72.0 cm³/mol. The third-order valence-electron chi connectivity index (χ3n) is 4.46. The molecule has 1 heterocycles. The number of nitrogens with two attached hydrogens (primary N) is 1. The summed E-state index contributed by atoms with van der Waals surface area (Å²) in [6, 6.07) is 9.18. The highest BCUT2D eigenvalue weighted by atomic mass is 16.5. The molecular formula is C15H22N2O. The van der Waals surface area contributed by atoms with Crippen LogP contribution in [0.1, 0.15) is 48.8 Å². The zero-order valence-corrected chi connectivity index (χ0v) is 10.8. The van der Waals surface area contributed by atoms with E-state index in [1.54, 1.807) is 0 Å². The number of ether oxygens (including phenoxy) is 1. The Morgan fingerprint density at radius 2 is 2.17 bits per heavy atom. The van der Waals surface area contributed by atoms with Gasteiger partial charge in [-0.1, -0.05) is 30.7 Å². The summed E-state index contributed by atoms with van der Waals surface area (Å²) in [5.74, 6) is 7.04. The topological polar surface area (TPSA) is 47.3 Å². The SMILES string of the molecule is NNC(c1cccc(C2CCC2)c1)C1CCOC1. The molecule has 0 spiro atoms. The third kappa shape index (κ3) is 2.30. The van der Waals surface area contributed by atoms with Crippen molar-refractivity contribution >= 4 is 0 Å². The van der Waals surface area contributed by atoms with E-state index in [1.807, 2.05) is 0 Å². The number of benzene rings is 1. The quantitative estimate of drug-likeness (QED) is 0.634. The molecule has 3 rings (SSSR count). The van der Waals surface area contributed by atoms with Crippen molar-refractivity contribution in [2.75, 3.05) is 13.2 Å². The van der Waals surface area contributed by atoms with Crippen LogP contribution >= 0.6 is 0 Å². The number of rotatable bonds is 4. The average Bonchev–Trinajstić information content (AvgIpc) is 2.82. The number of nitrogens with one attached hydrogen (secondary N) is 1. The van der Waals surface area contributed by atoms with Crippen LogP contribution in [-0.4, -0.2) is 13.2 Å². The molecule has 2 atom stereocenters. The predicted octanol–water partition coefficient (Wildman–Crippen LogP) is 2.50. The van der Waals surface area contributed by atoms with Crippen molar-refractivity contribution in [3.63, 3.8) is 0 Å². The molecule has 3 heteroatoms. The van der Waals surface area contributed by atoms with E-state index in [2.05, 4.69) is 29.7 Å².